The third-order valence-corrected chi connectivity index (χ3v) is 1.70. The number of unbranched alkanes of at least 4 members (excludes halogenated alkanes) is 1. The Morgan fingerprint density at radius 1 is 1.18 bits per heavy atom. The fraction of sp³-hybridized carbons (Fsp3) is 1.00. The lowest BCUT2D eigenvalue weighted by Crippen LogP contribution is -2.35. The van der Waals surface area contributed by atoms with Gasteiger partial charge in [0.1, 0.15) is 0 Å². The van der Waals surface area contributed by atoms with Crippen molar-refractivity contribution in [1.82, 2.24) is 0 Å². The highest BCUT2D eigenvalue weighted by atomic mass is 16.3. The van der Waals surface area contributed by atoms with Gasteiger partial charge in [-0.15, -0.1) is 0 Å². The summed E-state index contributed by atoms with van der Waals surface area (Å²) in [5, 5.41) is 8.98. The van der Waals surface area contributed by atoms with Gasteiger partial charge in [-0.3, -0.25) is 0 Å². The van der Waals surface area contributed by atoms with Crippen LogP contribution in [0.5, 0.6) is 0 Å². The summed E-state index contributed by atoms with van der Waals surface area (Å²) in [6.45, 7) is 3.05. The van der Waals surface area contributed by atoms with E-state index in [-0.39, 0.29) is 6.10 Å². The fourth-order valence-electron chi connectivity index (χ4n) is 1.03. The third-order valence-electron chi connectivity index (χ3n) is 1.70. The maximum absolute atomic E-state index is 8.98. The smallest absolute Gasteiger partial charge is 0.0780 e. The zero-order chi connectivity index (χ0) is 8.91. The molecule has 1 unspecified atom stereocenters. The van der Waals surface area contributed by atoms with Crippen LogP contribution < -0.4 is 0 Å². The normalized spacial score (nSPS) is 15.0. The molecule has 68 valence electrons. The molecule has 0 aliphatic rings. The highest BCUT2D eigenvalue weighted by Crippen LogP contribution is 2.02. The van der Waals surface area contributed by atoms with Crippen LogP contribution >= 0.6 is 0 Å². The number of quaternary nitrogens is 1. The van der Waals surface area contributed by atoms with Crippen molar-refractivity contribution in [3.8, 4) is 0 Å². The average Bonchev–Trinajstić information content (AvgIpc) is 1.78. The Labute approximate surface area is 70.4 Å². The minimum absolute atomic E-state index is 0.123. The standard InChI is InChI=1S/C9H22NO/c1-9(11)7-5-6-8-10(2,3)4/h9,11H,5-8H2,1-4H3/q+1. The molecule has 1 atom stereocenters. The van der Waals surface area contributed by atoms with Crippen molar-refractivity contribution in [2.24, 2.45) is 0 Å². The number of hydrogen-bond donors (Lipinski definition) is 1. The third kappa shape index (κ3) is 9.92. The van der Waals surface area contributed by atoms with E-state index in [0.717, 1.165) is 17.3 Å². The maximum atomic E-state index is 8.98. The van der Waals surface area contributed by atoms with Crippen molar-refractivity contribution < 1.29 is 9.59 Å². The quantitative estimate of drug-likeness (QED) is 0.474. The molecule has 0 aliphatic carbocycles. The van der Waals surface area contributed by atoms with Crippen molar-refractivity contribution in [3.05, 3.63) is 0 Å². The van der Waals surface area contributed by atoms with Crippen molar-refractivity contribution in [2.45, 2.75) is 32.3 Å². The molecule has 2 heteroatoms. The number of aliphatic hydroxyl groups is 1. The molecule has 11 heavy (non-hydrogen) atoms. The molecule has 0 spiro atoms. The molecule has 0 aromatic carbocycles. The summed E-state index contributed by atoms with van der Waals surface area (Å²) in [6.07, 6.45) is 3.18. The highest BCUT2D eigenvalue weighted by Gasteiger charge is 2.05. The summed E-state index contributed by atoms with van der Waals surface area (Å²) in [7, 11) is 6.59. The molecule has 0 aromatic rings. The first-order chi connectivity index (χ1) is 4.92. The van der Waals surface area contributed by atoms with E-state index in [1.54, 1.807) is 0 Å². The van der Waals surface area contributed by atoms with Gasteiger partial charge < -0.3 is 9.59 Å². The van der Waals surface area contributed by atoms with Crippen LogP contribution in [0.15, 0.2) is 0 Å². The SMILES string of the molecule is CC(O)CCCC[N+](C)(C)C. The first kappa shape index (κ1) is 10.9. The molecule has 0 fully saturated rings. The molecule has 0 saturated heterocycles. The molecule has 0 radical (unpaired) electrons. The minimum atomic E-state index is -0.123. The second kappa shape index (κ2) is 4.73. The monoisotopic (exact) mass is 160 g/mol. The zero-order valence-electron chi connectivity index (χ0n) is 8.30. The van der Waals surface area contributed by atoms with Gasteiger partial charge in [0, 0.05) is 0 Å². The topological polar surface area (TPSA) is 20.2 Å². The number of nitrogens with zero attached hydrogens (tertiary/aromatic N) is 1. The van der Waals surface area contributed by atoms with E-state index in [1.165, 1.54) is 13.0 Å². The van der Waals surface area contributed by atoms with Crippen molar-refractivity contribution in [1.29, 1.82) is 0 Å². The van der Waals surface area contributed by atoms with Gasteiger partial charge in [-0.05, 0) is 26.2 Å². The summed E-state index contributed by atoms with van der Waals surface area (Å²) in [5.74, 6) is 0. The van der Waals surface area contributed by atoms with E-state index in [4.69, 9.17) is 5.11 Å². The van der Waals surface area contributed by atoms with E-state index in [0.29, 0.717) is 0 Å². The van der Waals surface area contributed by atoms with Crippen molar-refractivity contribution >= 4 is 0 Å². The largest absolute Gasteiger partial charge is 0.393 e. The molecule has 0 amide bonds. The highest BCUT2D eigenvalue weighted by molar-refractivity contribution is 4.47. The molecule has 0 rings (SSSR count). The fourth-order valence-corrected chi connectivity index (χ4v) is 1.03. The summed E-state index contributed by atoms with van der Waals surface area (Å²) < 4.78 is 1.03. The van der Waals surface area contributed by atoms with Gasteiger partial charge in [0.2, 0.25) is 0 Å². The lowest BCUT2D eigenvalue weighted by atomic mass is 10.1. The van der Waals surface area contributed by atoms with Gasteiger partial charge in [-0.2, -0.15) is 0 Å². The predicted molar refractivity (Wildman–Crippen MR) is 48.4 cm³/mol. The number of aliphatic hydroxyl groups excluding tert-OH is 1. The van der Waals surface area contributed by atoms with E-state index >= 15 is 0 Å². The average molecular weight is 160 g/mol. The Bertz CT molecular complexity index is 94.2. The Morgan fingerprint density at radius 3 is 2.09 bits per heavy atom. The molecule has 0 aliphatic heterocycles. The lowest BCUT2D eigenvalue weighted by molar-refractivity contribution is -0.870. The molecular weight excluding hydrogens is 138 g/mol. The van der Waals surface area contributed by atoms with Crippen molar-refractivity contribution in [3.63, 3.8) is 0 Å². The van der Waals surface area contributed by atoms with Gasteiger partial charge >= 0.3 is 0 Å². The second-order valence-corrected chi connectivity index (χ2v) is 4.36. The Kier molecular flexibility index (Phi) is 4.69. The van der Waals surface area contributed by atoms with Crippen LogP contribution in [0, 0.1) is 0 Å². The lowest BCUT2D eigenvalue weighted by Gasteiger charge is -2.23. The second-order valence-electron chi connectivity index (χ2n) is 4.36. The summed E-state index contributed by atoms with van der Waals surface area (Å²) in [4.78, 5) is 0. The zero-order valence-corrected chi connectivity index (χ0v) is 8.30. The Morgan fingerprint density at radius 2 is 1.73 bits per heavy atom. The summed E-state index contributed by atoms with van der Waals surface area (Å²) in [5.41, 5.74) is 0. The first-order valence-electron chi connectivity index (χ1n) is 4.40. The van der Waals surface area contributed by atoms with Crippen LogP contribution in [0.3, 0.4) is 0 Å². The van der Waals surface area contributed by atoms with Crippen LogP contribution in [-0.2, 0) is 0 Å². The predicted octanol–water partition coefficient (Wildman–Crippen LogP) is 1.24. The Balaban J connectivity index is 3.15. The van der Waals surface area contributed by atoms with Crippen LogP contribution in [0.1, 0.15) is 26.2 Å². The maximum Gasteiger partial charge on any atom is 0.0780 e. The molecular formula is C9H22NO+. The van der Waals surface area contributed by atoms with E-state index in [2.05, 4.69) is 21.1 Å². The molecule has 0 aromatic heterocycles. The van der Waals surface area contributed by atoms with Crippen LogP contribution in [0.4, 0.5) is 0 Å². The van der Waals surface area contributed by atoms with Crippen molar-refractivity contribution in [2.75, 3.05) is 27.7 Å². The molecule has 0 saturated carbocycles. The van der Waals surface area contributed by atoms with E-state index in [9.17, 15) is 0 Å². The number of rotatable bonds is 5. The van der Waals surface area contributed by atoms with Crippen LogP contribution in [-0.4, -0.2) is 43.4 Å². The van der Waals surface area contributed by atoms with Gasteiger partial charge in [-0.25, -0.2) is 0 Å². The molecule has 0 heterocycles. The summed E-state index contributed by atoms with van der Waals surface area (Å²) >= 11 is 0. The molecule has 2 nitrogen and oxygen atoms in total. The van der Waals surface area contributed by atoms with Crippen LogP contribution in [0.25, 0.3) is 0 Å². The Hall–Kier alpha value is -0.0800. The van der Waals surface area contributed by atoms with Gasteiger partial charge in [0.15, 0.2) is 0 Å². The molecule has 0 bridgehead atoms. The van der Waals surface area contributed by atoms with E-state index < -0.39 is 0 Å². The summed E-state index contributed by atoms with van der Waals surface area (Å²) in [6, 6.07) is 0. The van der Waals surface area contributed by atoms with Gasteiger partial charge in [0.05, 0.1) is 33.8 Å². The first-order valence-corrected chi connectivity index (χ1v) is 4.40. The number of hydrogen-bond acceptors (Lipinski definition) is 1. The minimum Gasteiger partial charge on any atom is -0.393 e. The molecule has 1 N–H and O–H groups in total. The van der Waals surface area contributed by atoms with Crippen LogP contribution in [0.2, 0.25) is 0 Å². The van der Waals surface area contributed by atoms with Gasteiger partial charge in [-0.1, -0.05) is 0 Å². The van der Waals surface area contributed by atoms with Gasteiger partial charge in [0.25, 0.3) is 0 Å². The van der Waals surface area contributed by atoms with E-state index in [1.807, 2.05) is 6.92 Å².